The number of nitrogen functional groups attached to an aromatic ring is 1. The number of hydrogen-bond acceptors (Lipinski definition) is 3. The summed E-state index contributed by atoms with van der Waals surface area (Å²) in [6, 6.07) is 10.5. The van der Waals surface area contributed by atoms with Gasteiger partial charge in [-0.05, 0) is 42.5 Å². The summed E-state index contributed by atoms with van der Waals surface area (Å²) in [4.78, 5) is 11.6. The molecule has 0 aromatic heterocycles. The maximum atomic E-state index is 13.4. The summed E-state index contributed by atoms with van der Waals surface area (Å²) in [7, 11) is 0. The van der Waals surface area contributed by atoms with Crippen molar-refractivity contribution >= 4 is 28.9 Å². The highest BCUT2D eigenvalue weighted by Crippen LogP contribution is 2.18. The van der Waals surface area contributed by atoms with E-state index in [2.05, 4.69) is 5.32 Å². The minimum Gasteiger partial charge on any atom is -0.484 e. The average molecular weight is 295 g/mol. The minimum absolute atomic E-state index is 0.0229. The van der Waals surface area contributed by atoms with Crippen molar-refractivity contribution in [2.24, 2.45) is 0 Å². The van der Waals surface area contributed by atoms with E-state index in [9.17, 15) is 9.18 Å². The third kappa shape index (κ3) is 3.86. The van der Waals surface area contributed by atoms with E-state index >= 15 is 0 Å². The van der Waals surface area contributed by atoms with E-state index in [-0.39, 0.29) is 12.3 Å². The molecule has 3 N–H and O–H groups in total. The second-order valence-electron chi connectivity index (χ2n) is 4.03. The molecule has 0 saturated carbocycles. The van der Waals surface area contributed by atoms with Gasteiger partial charge in [0.05, 0.1) is 5.69 Å². The predicted octanol–water partition coefficient (Wildman–Crippen LogP) is 3.08. The smallest absolute Gasteiger partial charge is 0.262 e. The number of ether oxygens (including phenoxy) is 1. The fourth-order valence-corrected chi connectivity index (χ4v) is 1.63. The second kappa shape index (κ2) is 6.25. The van der Waals surface area contributed by atoms with Crippen LogP contribution < -0.4 is 15.8 Å². The van der Waals surface area contributed by atoms with Gasteiger partial charge in [-0.1, -0.05) is 11.6 Å². The van der Waals surface area contributed by atoms with Crippen molar-refractivity contribution < 1.29 is 13.9 Å². The molecule has 0 aliphatic carbocycles. The molecule has 2 rings (SSSR count). The molecule has 0 unspecified atom stereocenters. The van der Waals surface area contributed by atoms with Crippen molar-refractivity contribution in [1.82, 2.24) is 0 Å². The van der Waals surface area contributed by atoms with Crippen LogP contribution in [0.2, 0.25) is 5.02 Å². The first kappa shape index (κ1) is 14.1. The van der Waals surface area contributed by atoms with Crippen molar-refractivity contribution in [2.75, 3.05) is 17.7 Å². The maximum Gasteiger partial charge on any atom is 0.262 e. The van der Waals surface area contributed by atoms with Gasteiger partial charge in [0.15, 0.2) is 6.61 Å². The third-order valence-corrected chi connectivity index (χ3v) is 2.70. The lowest BCUT2D eigenvalue weighted by molar-refractivity contribution is -0.118. The van der Waals surface area contributed by atoms with Crippen LogP contribution in [0.15, 0.2) is 42.5 Å². The molecular formula is C14H12ClFN2O2. The summed E-state index contributed by atoms with van der Waals surface area (Å²) < 4.78 is 18.7. The Hall–Kier alpha value is -2.27. The Morgan fingerprint density at radius 1 is 1.25 bits per heavy atom. The van der Waals surface area contributed by atoms with Gasteiger partial charge in [-0.2, -0.15) is 0 Å². The Bertz CT molecular complexity index is 617. The van der Waals surface area contributed by atoms with Crippen molar-refractivity contribution in [3.8, 4) is 5.75 Å². The van der Waals surface area contributed by atoms with Gasteiger partial charge in [0.25, 0.3) is 5.91 Å². The highest BCUT2D eigenvalue weighted by molar-refractivity contribution is 6.30. The molecule has 4 nitrogen and oxygen atoms in total. The van der Waals surface area contributed by atoms with Crippen LogP contribution in [-0.4, -0.2) is 12.5 Å². The highest BCUT2D eigenvalue weighted by Gasteiger charge is 2.08. The molecule has 0 spiro atoms. The van der Waals surface area contributed by atoms with Crippen molar-refractivity contribution in [3.05, 3.63) is 53.3 Å². The Labute approximate surface area is 120 Å². The number of benzene rings is 2. The van der Waals surface area contributed by atoms with Gasteiger partial charge in [-0.25, -0.2) is 4.39 Å². The standard InChI is InChI=1S/C14H12ClFN2O2/c15-9-1-4-11(5-2-9)20-8-14(19)18-13-7-10(17)3-6-12(13)16/h1-7H,8,17H2,(H,18,19). The first-order chi connectivity index (χ1) is 9.54. The maximum absolute atomic E-state index is 13.4. The van der Waals surface area contributed by atoms with Crippen LogP contribution in [-0.2, 0) is 4.79 Å². The van der Waals surface area contributed by atoms with E-state index in [1.54, 1.807) is 24.3 Å². The fourth-order valence-electron chi connectivity index (χ4n) is 1.50. The minimum atomic E-state index is -0.556. The zero-order valence-corrected chi connectivity index (χ0v) is 11.2. The van der Waals surface area contributed by atoms with Gasteiger partial charge >= 0.3 is 0 Å². The molecule has 0 aliphatic heterocycles. The van der Waals surface area contributed by atoms with Crippen molar-refractivity contribution in [3.63, 3.8) is 0 Å². The number of carbonyl (C=O) groups is 1. The first-order valence-corrected chi connectivity index (χ1v) is 6.15. The van der Waals surface area contributed by atoms with E-state index < -0.39 is 11.7 Å². The molecule has 2 aromatic rings. The zero-order valence-electron chi connectivity index (χ0n) is 10.4. The summed E-state index contributed by atoms with van der Waals surface area (Å²) in [6.07, 6.45) is 0. The molecule has 0 bridgehead atoms. The molecule has 1 amide bonds. The lowest BCUT2D eigenvalue weighted by Gasteiger charge is -2.08. The molecule has 0 atom stereocenters. The molecule has 104 valence electrons. The number of amides is 1. The lowest BCUT2D eigenvalue weighted by Crippen LogP contribution is -2.20. The van der Waals surface area contributed by atoms with Gasteiger partial charge in [0.1, 0.15) is 11.6 Å². The topological polar surface area (TPSA) is 64.3 Å². The Kier molecular flexibility index (Phi) is 4.42. The summed E-state index contributed by atoms with van der Waals surface area (Å²) >= 11 is 5.73. The largest absolute Gasteiger partial charge is 0.484 e. The predicted molar refractivity (Wildman–Crippen MR) is 76.4 cm³/mol. The van der Waals surface area contributed by atoms with Crippen molar-refractivity contribution in [2.45, 2.75) is 0 Å². The normalized spacial score (nSPS) is 10.1. The molecular weight excluding hydrogens is 283 g/mol. The second-order valence-corrected chi connectivity index (χ2v) is 4.47. The van der Waals surface area contributed by atoms with Crippen LogP contribution in [0, 0.1) is 5.82 Å². The molecule has 6 heteroatoms. The summed E-state index contributed by atoms with van der Waals surface area (Å²) in [5, 5.41) is 2.96. The molecule has 2 aromatic carbocycles. The summed E-state index contributed by atoms with van der Waals surface area (Å²) in [5.41, 5.74) is 5.90. The van der Waals surface area contributed by atoms with Gasteiger partial charge in [0, 0.05) is 10.7 Å². The number of nitrogens with one attached hydrogen (secondary N) is 1. The van der Waals surface area contributed by atoms with E-state index in [0.717, 1.165) is 0 Å². The van der Waals surface area contributed by atoms with Crippen LogP contribution in [0.5, 0.6) is 5.75 Å². The molecule has 20 heavy (non-hydrogen) atoms. The van der Waals surface area contributed by atoms with Crippen LogP contribution >= 0.6 is 11.6 Å². The monoisotopic (exact) mass is 294 g/mol. The third-order valence-electron chi connectivity index (χ3n) is 2.45. The molecule has 0 fully saturated rings. The van der Waals surface area contributed by atoms with E-state index in [4.69, 9.17) is 22.1 Å². The van der Waals surface area contributed by atoms with E-state index in [0.29, 0.717) is 16.5 Å². The van der Waals surface area contributed by atoms with E-state index in [1.165, 1.54) is 18.2 Å². The summed E-state index contributed by atoms with van der Waals surface area (Å²) in [6.45, 7) is -0.240. The number of hydrogen-bond donors (Lipinski definition) is 2. The zero-order chi connectivity index (χ0) is 14.5. The molecule has 0 radical (unpaired) electrons. The van der Waals surface area contributed by atoms with Gasteiger partial charge < -0.3 is 15.8 Å². The molecule has 0 saturated heterocycles. The number of nitrogens with two attached hydrogens (primary N) is 1. The first-order valence-electron chi connectivity index (χ1n) is 5.78. The van der Waals surface area contributed by atoms with Crippen molar-refractivity contribution in [1.29, 1.82) is 0 Å². The quantitative estimate of drug-likeness (QED) is 0.852. The average Bonchev–Trinajstić information content (AvgIpc) is 2.42. The number of rotatable bonds is 4. The lowest BCUT2D eigenvalue weighted by atomic mass is 10.2. The molecule has 0 aliphatic rings. The highest BCUT2D eigenvalue weighted by atomic mass is 35.5. The van der Waals surface area contributed by atoms with Crippen LogP contribution in [0.4, 0.5) is 15.8 Å². The van der Waals surface area contributed by atoms with Crippen LogP contribution in [0.3, 0.4) is 0 Å². The number of carbonyl (C=O) groups excluding carboxylic acids is 1. The Morgan fingerprint density at radius 2 is 1.95 bits per heavy atom. The number of halogens is 2. The van der Waals surface area contributed by atoms with Gasteiger partial charge in [-0.3, -0.25) is 4.79 Å². The van der Waals surface area contributed by atoms with Gasteiger partial charge in [-0.15, -0.1) is 0 Å². The molecule has 0 heterocycles. The van der Waals surface area contributed by atoms with Crippen LogP contribution in [0.25, 0.3) is 0 Å². The van der Waals surface area contributed by atoms with Crippen LogP contribution in [0.1, 0.15) is 0 Å². The Balaban J connectivity index is 1.92. The SMILES string of the molecule is Nc1ccc(F)c(NC(=O)COc2ccc(Cl)cc2)c1. The van der Waals surface area contributed by atoms with E-state index in [1.807, 2.05) is 0 Å². The fraction of sp³-hybridized carbons (Fsp3) is 0.0714. The Morgan fingerprint density at radius 3 is 2.65 bits per heavy atom. The van der Waals surface area contributed by atoms with Gasteiger partial charge in [0.2, 0.25) is 0 Å². The number of anilines is 2. The summed E-state index contributed by atoms with van der Waals surface area (Å²) in [5.74, 6) is -0.541.